The minimum atomic E-state index is 0.0343. The van der Waals surface area contributed by atoms with Gasteiger partial charge in [-0.25, -0.2) is 0 Å². The molecule has 0 aliphatic carbocycles. The number of hydrogen-bond acceptors (Lipinski definition) is 3. The summed E-state index contributed by atoms with van der Waals surface area (Å²) >= 11 is 0. The molecule has 0 aromatic heterocycles. The van der Waals surface area contributed by atoms with Crippen LogP contribution in [0.2, 0.25) is 0 Å². The highest BCUT2D eigenvalue weighted by atomic mass is 16.2. The summed E-state index contributed by atoms with van der Waals surface area (Å²) in [5, 5.41) is 0. The highest BCUT2D eigenvalue weighted by Crippen LogP contribution is 2.22. The van der Waals surface area contributed by atoms with Gasteiger partial charge in [0, 0.05) is 30.7 Å². The zero-order valence-corrected chi connectivity index (χ0v) is 14.2. The van der Waals surface area contributed by atoms with Crippen molar-refractivity contribution in [2.24, 2.45) is 5.73 Å². The van der Waals surface area contributed by atoms with Gasteiger partial charge in [0.15, 0.2) is 0 Å². The van der Waals surface area contributed by atoms with Gasteiger partial charge in [-0.2, -0.15) is 0 Å². The summed E-state index contributed by atoms with van der Waals surface area (Å²) in [4.78, 5) is 17.4. The van der Waals surface area contributed by atoms with E-state index in [0.29, 0.717) is 0 Å². The smallest absolute Gasteiger partial charge is 0.254 e. The number of likely N-dealkylation sites (tertiary alicyclic amines) is 2. The molecular weight excluding hydrogens is 286 g/mol. The number of hydrogen-bond donors (Lipinski definition) is 1. The molecule has 4 heteroatoms. The quantitative estimate of drug-likeness (QED) is 0.929. The first-order chi connectivity index (χ1) is 11.1. The maximum Gasteiger partial charge on any atom is 0.254 e. The summed E-state index contributed by atoms with van der Waals surface area (Å²) in [5.74, 6) is 0.148. The molecule has 0 bridgehead atoms. The molecule has 2 heterocycles. The SMILES string of the molecule is CC(N)C1CCCCN1C(=O)c1cccc(CN2CCCC2)c1. The predicted octanol–water partition coefficient (Wildman–Crippen LogP) is 2.62. The molecule has 2 fully saturated rings. The molecule has 4 nitrogen and oxygen atoms in total. The van der Waals surface area contributed by atoms with Crippen LogP contribution in [-0.2, 0) is 6.54 Å². The van der Waals surface area contributed by atoms with Gasteiger partial charge in [-0.3, -0.25) is 9.69 Å². The van der Waals surface area contributed by atoms with E-state index in [1.807, 2.05) is 24.0 Å². The van der Waals surface area contributed by atoms with Gasteiger partial charge in [-0.05, 0) is 69.8 Å². The van der Waals surface area contributed by atoms with Crippen molar-refractivity contribution in [1.29, 1.82) is 0 Å². The van der Waals surface area contributed by atoms with Crippen LogP contribution in [0.5, 0.6) is 0 Å². The third kappa shape index (κ3) is 3.93. The van der Waals surface area contributed by atoms with E-state index in [1.54, 1.807) is 0 Å². The second-order valence-electron chi connectivity index (χ2n) is 7.10. The van der Waals surface area contributed by atoms with Crippen molar-refractivity contribution in [1.82, 2.24) is 9.80 Å². The maximum absolute atomic E-state index is 13.0. The number of piperidine rings is 1. The molecule has 2 aliphatic rings. The number of carbonyl (C=O) groups is 1. The topological polar surface area (TPSA) is 49.6 Å². The van der Waals surface area contributed by atoms with Crippen LogP contribution in [0.4, 0.5) is 0 Å². The molecule has 1 amide bonds. The third-order valence-electron chi connectivity index (χ3n) is 5.20. The number of nitrogens with zero attached hydrogens (tertiary/aromatic N) is 2. The highest BCUT2D eigenvalue weighted by molar-refractivity contribution is 5.94. The number of rotatable bonds is 4. The second kappa shape index (κ2) is 7.45. The Morgan fingerprint density at radius 1 is 1.22 bits per heavy atom. The lowest BCUT2D eigenvalue weighted by Crippen LogP contribution is -2.51. The summed E-state index contributed by atoms with van der Waals surface area (Å²) in [6, 6.07) is 8.39. The zero-order valence-electron chi connectivity index (χ0n) is 14.2. The predicted molar refractivity (Wildman–Crippen MR) is 93.3 cm³/mol. The van der Waals surface area contributed by atoms with Gasteiger partial charge in [0.2, 0.25) is 0 Å². The fourth-order valence-corrected chi connectivity index (χ4v) is 3.92. The van der Waals surface area contributed by atoms with Gasteiger partial charge < -0.3 is 10.6 Å². The highest BCUT2D eigenvalue weighted by Gasteiger charge is 2.29. The number of carbonyl (C=O) groups excluding carboxylic acids is 1. The van der Waals surface area contributed by atoms with Gasteiger partial charge in [0.25, 0.3) is 5.91 Å². The summed E-state index contributed by atoms with van der Waals surface area (Å²) in [7, 11) is 0. The molecule has 0 saturated carbocycles. The van der Waals surface area contributed by atoms with Crippen molar-refractivity contribution >= 4 is 5.91 Å². The first kappa shape index (κ1) is 16.5. The first-order valence-corrected chi connectivity index (χ1v) is 9.03. The Labute approximate surface area is 139 Å². The largest absolute Gasteiger partial charge is 0.334 e. The molecule has 0 spiro atoms. The van der Waals surface area contributed by atoms with Crippen LogP contribution in [0.3, 0.4) is 0 Å². The van der Waals surface area contributed by atoms with E-state index in [1.165, 1.54) is 37.9 Å². The Bertz CT molecular complexity index is 537. The van der Waals surface area contributed by atoms with E-state index < -0.39 is 0 Å². The number of amides is 1. The Kier molecular flexibility index (Phi) is 5.34. The van der Waals surface area contributed by atoms with Gasteiger partial charge >= 0.3 is 0 Å². The Morgan fingerprint density at radius 3 is 2.70 bits per heavy atom. The fourth-order valence-electron chi connectivity index (χ4n) is 3.92. The van der Waals surface area contributed by atoms with E-state index in [9.17, 15) is 4.79 Å². The van der Waals surface area contributed by atoms with Crippen molar-refractivity contribution in [3.63, 3.8) is 0 Å². The van der Waals surface area contributed by atoms with Crippen LogP contribution in [-0.4, -0.2) is 47.4 Å². The van der Waals surface area contributed by atoms with Crippen LogP contribution in [0.25, 0.3) is 0 Å². The lowest BCUT2D eigenvalue weighted by molar-refractivity contribution is 0.0583. The van der Waals surface area contributed by atoms with E-state index in [-0.39, 0.29) is 18.0 Å². The molecule has 23 heavy (non-hydrogen) atoms. The van der Waals surface area contributed by atoms with Crippen molar-refractivity contribution in [3.05, 3.63) is 35.4 Å². The molecule has 1 aromatic carbocycles. The van der Waals surface area contributed by atoms with E-state index in [4.69, 9.17) is 5.73 Å². The molecule has 126 valence electrons. The van der Waals surface area contributed by atoms with Crippen LogP contribution in [0.1, 0.15) is 54.9 Å². The van der Waals surface area contributed by atoms with E-state index in [0.717, 1.165) is 31.5 Å². The van der Waals surface area contributed by atoms with Crippen molar-refractivity contribution in [2.75, 3.05) is 19.6 Å². The normalized spacial score (nSPS) is 23.9. The molecule has 2 atom stereocenters. The molecule has 2 saturated heterocycles. The molecular formula is C19H29N3O. The van der Waals surface area contributed by atoms with Crippen molar-refractivity contribution < 1.29 is 4.79 Å². The third-order valence-corrected chi connectivity index (χ3v) is 5.20. The van der Waals surface area contributed by atoms with Gasteiger partial charge in [0.1, 0.15) is 0 Å². The van der Waals surface area contributed by atoms with Crippen LogP contribution in [0, 0.1) is 0 Å². The molecule has 2 unspecified atom stereocenters. The molecule has 2 N–H and O–H groups in total. The van der Waals surface area contributed by atoms with Crippen molar-refractivity contribution in [2.45, 2.75) is 57.7 Å². The summed E-state index contributed by atoms with van der Waals surface area (Å²) in [6.07, 6.45) is 5.87. The Balaban J connectivity index is 1.73. The molecule has 2 aliphatic heterocycles. The van der Waals surface area contributed by atoms with Crippen molar-refractivity contribution in [3.8, 4) is 0 Å². The standard InChI is InChI=1S/C19H29N3O/c1-15(20)18-9-2-3-12-22(18)19(23)17-8-6-7-16(13-17)14-21-10-4-5-11-21/h6-8,13,15,18H,2-5,9-12,14,20H2,1H3. The minimum Gasteiger partial charge on any atom is -0.334 e. The summed E-state index contributed by atoms with van der Waals surface area (Å²) < 4.78 is 0. The maximum atomic E-state index is 13.0. The first-order valence-electron chi connectivity index (χ1n) is 9.03. The lowest BCUT2D eigenvalue weighted by Gasteiger charge is -2.38. The average molecular weight is 315 g/mol. The van der Waals surface area contributed by atoms with Gasteiger partial charge in [-0.15, -0.1) is 0 Å². The number of benzene rings is 1. The van der Waals surface area contributed by atoms with Crippen LogP contribution in [0.15, 0.2) is 24.3 Å². The Morgan fingerprint density at radius 2 is 1.96 bits per heavy atom. The minimum absolute atomic E-state index is 0.0343. The van der Waals surface area contributed by atoms with Gasteiger partial charge in [-0.1, -0.05) is 12.1 Å². The van der Waals surface area contributed by atoms with E-state index >= 15 is 0 Å². The molecule has 0 radical (unpaired) electrons. The molecule has 1 aromatic rings. The molecule has 3 rings (SSSR count). The fraction of sp³-hybridized carbons (Fsp3) is 0.632. The van der Waals surface area contributed by atoms with Gasteiger partial charge in [0.05, 0.1) is 0 Å². The van der Waals surface area contributed by atoms with Crippen LogP contribution >= 0.6 is 0 Å². The monoisotopic (exact) mass is 315 g/mol. The van der Waals surface area contributed by atoms with E-state index in [2.05, 4.69) is 17.0 Å². The summed E-state index contributed by atoms with van der Waals surface area (Å²) in [6.45, 7) is 6.16. The number of nitrogens with two attached hydrogens (primary N) is 1. The Hall–Kier alpha value is -1.39. The average Bonchev–Trinajstić information content (AvgIpc) is 3.07. The zero-order chi connectivity index (χ0) is 16.2. The summed E-state index contributed by atoms with van der Waals surface area (Å²) in [5.41, 5.74) is 8.17. The van der Waals surface area contributed by atoms with Crippen LogP contribution < -0.4 is 5.73 Å². The lowest BCUT2D eigenvalue weighted by atomic mass is 9.95. The second-order valence-corrected chi connectivity index (χ2v) is 7.10.